The topological polar surface area (TPSA) is 63.6 Å². The summed E-state index contributed by atoms with van der Waals surface area (Å²) in [6.07, 6.45) is 16.9. The van der Waals surface area contributed by atoms with Crippen LogP contribution in [0.3, 0.4) is 0 Å². The molecule has 0 radical (unpaired) electrons. The number of rotatable bonds is 21. The Kier molecular flexibility index (Phi) is 16.9. The molecule has 170 valence electrons. The number of carbonyl (C=O) groups excluding carboxylic acids is 1. The first-order valence-corrected chi connectivity index (χ1v) is 12.0. The number of carbonyl (C=O) groups is 2. The van der Waals surface area contributed by atoms with E-state index in [2.05, 4.69) is 24.3 Å². The molecule has 1 aromatic carbocycles. The second kappa shape index (κ2) is 19.3. The Hall–Kier alpha value is -1.68. The number of carboxylic acid groups (broad SMARTS) is 1. The lowest BCUT2D eigenvalue weighted by Gasteiger charge is -2.05. The zero-order valence-electron chi connectivity index (χ0n) is 18.8. The van der Waals surface area contributed by atoms with Gasteiger partial charge in [-0.1, -0.05) is 101 Å². The van der Waals surface area contributed by atoms with Crippen molar-refractivity contribution in [3.05, 3.63) is 35.9 Å². The van der Waals surface area contributed by atoms with Crippen molar-refractivity contribution in [2.75, 3.05) is 6.61 Å². The van der Waals surface area contributed by atoms with E-state index in [0.29, 0.717) is 6.42 Å². The number of Topliss-reactive ketones (excluding diaryl/α,β-unsaturated/α-hetero) is 1. The maximum atomic E-state index is 11.5. The lowest BCUT2D eigenvalue weighted by molar-refractivity contribution is -0.138. The average Bonchev–Trinajstić information content (AvgIpc) is 2.75. The van der Waals surface area contributed by atoms with Gasteiger partial charge in [-0.3, -0.25) is 9.59 Å². The molecule has 4 heteroatoms. The van der Waals surface area contributed by atoms with Crippen LogP contribution < -0.4 is 0 Å². The van der Waals surface area contributed by atoms with Gasteiger partial charge >= 0.3 is 5.97 Å². The SMILES string of the molecule is O=C(O)CCC(=O)CCCCCCCCCCCCCCCOCc1ccccc1. The monoisotopic (exact) mass is 418 g/mol. The fraction of sp³-hybridized carbons (Fsp3) is 0.692. The van der Waals surface area contributed by atoms with E-state index in [9.17, 15) is 9.59 Å². The third-order valence-electron chi connectivity index (χ3n) is 5.47. The van der Waals surface area contributed by atoms with Crippen LogP contribution in [0, 0.1) is 0 Å². The van der Waals surface area contributed by atoms with Gasteiger partial charge < -0.3 is 9.84 Å². The summed E-state index contributed by atoms with van der Waals surface area (Å²) >= 11 is 0. The summed E-state index contributed by atoms with van der Waals surface area (Å²) in [6.45, 7) is 1.59. The highest BCUT2D eigenvalue weighted by molar-refractivity contribution is 5.82. The highest BCUT2D eigenvalue weighted by atomic mass is 16.5. The predicted molar refractivity (Wildman–Crippen MR) is 123 cm³/mol. The highest BCUT2D eigenvalue weighted by Crippen LogP contribution is 2.13. The Labute approximate surface area is 183 Å². The van der Waals surface area contributed by atoms with Crippen LogP contribution in [0.4, 0.5) is 0 Å². The molecule has 0 saturated heterocycles. The van der Waals surface area contributed by atoms with Crippen molar-refractivity contribution >= 4 is 11.8 Å². The molecular weight excluding hydrogens is 376 g/mol. The van der Waals surface area contributed by atoms with Crippen molar-refractivity contribution < 1.29 is 19.4 Å². The largest absolute Gasteiger partial charge is 0.481 e. The second-order valence-corrected chi connectivity index (χ2v) is 8.32. The van der Waals surface area contributed by atoms with Gasteiger partial charge in [0.2, 0.25) is 0 Å². The summed E-state index contributed by atoms with van der Waals surface area (Å²) in [4.78, 5) is 21.9. The predicted octanol–water partition coefficient (Wildman–Crippen LogP) is 7.10. The van der Waals surface area contributed by atoms with Crippen molar-refractivity contribution in [1.82, 2.24) is 0 Å². The molecule has 4 nitrogen and oxygen atoms in total. The minimum Gasteiger partial charge on any atom is -0.481 e. The fourth-order valence-corrected chi connectivity index (χ4v) is 3.61. The molecule has 0 amide bonds. The maximum absolute atomic E-state index is 11.5. The van der Waals surface area contributed by atoms with Gasteiger partial charge in [0.1, 0.15) is 5.78 Å². The number of hydrogen-bond acceptors (Lipinski definition) is 3. The lowest BCUT2D eigenvalue weighted by Crippen LogP contribution is -2.02. The number of hydrogen-bond donors (Lipinski definition) is 1. The van der Waals surface area contributed by atoms with Crippen LogP contribution in [0.25, 0.3) is 0 Å². The molecule has 0 aromatic heterocycles. The number of carboxylic acids is 1. The van der Waals surface area contributed by atoms with E-state index in [-0.39, 0.29) is 18.6 Å². The third kappa shape index (κ3) is 17.2. The lowest BCUT2D eigenvalue weighted by atomic mass is 10.0. The van der Waals surface area contributed by atoms with Crippen LogP contribution in [-0.4, -0.2) is 23.5 Å². The quantitative estimate of drug-likeness (QED) is 0.216. The molecule has 1 aromatic rings. The molecule has 0 spiro atoms. The van der Waals surface area contributed by atoms with Crippen molar-refractivity contribution in [2.24, 2.45) is 0 Å². The average molecular weight is 419 g/mol. The summed E-state index contributed by atoms with van der Waals surface area (Å²) in [5.41, 5.74) is 1.25. The first-order chi connectivity index (χ1) is 14.7. The molecule has 0 heterocycles. The number of benzene rings is 1. The molecule has 0 unspecified atom stereocenters. The van der Waals surface area contributed by atoms with Crippen LogP contribution in [0.5, 0.6) is 0 Å². The molecule has 1 N–H and O–H groups in total. The summed E-state index contributed by atoms with van der Waals surface area (Å²) in [6, 6.07) is 10.4. The van der Waals surface area contributed by atoms with Crippen LogP contribution in [0.2, 0.25) is 0 Å². The van der Waals surface area contributed by atoms with Crippen molar-refractivity contribution in [3.63, 3.8) is 0 Å². The molecule has 0 aliphatic heterocycles. The summed E-state index contributed by atoms with van der Waals surface area (Å²) in [7, 11) is 0. The maximum Gasteiger partial charge on any atom is 0.303 e. The van der Waals surface area contributed by atoms with Crippen molar-refractivity contribution in [2.45, 2.75) is 109 Å². The molecule has 0 atom stereocenters. The van der Waals surface area contributed by atoms with Gasteiger partial charge in [-0.05, 0) is 18.4 Å². The molecule has 0 bridgehead atoms. The van der Waals surface area contributed by atoms with E-state index < -0.39 is 5.97 Å². The molecular formula is C26H42O4. The van der Waals surface area contributed by atoms with E-state index in [0.717, 1.165) is 32.5 Å². The summed E-state index contributed by atoms with van der Waals surface area (Å²) < 4.78 is 5.72. The van der Waals surface area contributed by atoms with Crippen molar-refractivity contribution in [3.8, 4) is 0 Å². The first kappa shape index (κ1) is 26.4. The van der Waals surface area contributed by atoms with E-state index in [4.69, 9.17) is 9.84 Å². The Morgan fingerprint density at radius 2 is 1.13 bits per heavy atom. The number of aliphatic carboxylic acids is 1. The molecule has 1 rings (SSSR count). The number of ether oxygens (including phenoxy) is 1. The minimum absolute atomic E-state index is 0.0258. The van der Waals surface area contributed by atoms with Gasteiger partial charge in [-0.25, -0.2) is 0 Å². The Balaban J connectivity index is 1.71. The summed E-state index contributed by atoms with van der Waals surface area (Å²) in [5, 5.41) is 8.55. The number of unbranched alkanes of at least 4 members (excludes halogenated alkanes) is 12. The summed E-state index contributed by atoms with van der Waals surface area (Å²) in [5.74, 6) is -0.787. The normalized spacial score (nSPS) is 10.9. The first-order valence-electron chi connectivity index (χ1n) is 12.0. The van der Waals surface area contributed by atoms with Gasteiger partial charge in [0, 0.05) is 19.4 Å². The van der Waals surface area contributed by atoms with Crippen LogP contribution in [0.15, 0.2) is 30.3 Å². The zero-order chi connectivity index (χ0) is 21.7. The third-order valence-corrected chi connectivity index (χ3v) is 5.47. The van der Waals surface area contributed by atoms with Crippen LogP contribution in [-0.2, 0) is 20.9 Å². The van der Waals surface area contributed by atoms with E-state index in [1.807, 2.05) is 6.07 Å². The van der Waals surface area contributed by atoms with Gasteiger partial charge in [0.05, 0.1) is 13.0 Å². The van der Waals surface area contributed by atoms with E-state index in [1.165, 1.54) is 69.8 Å². The van der Waals surface area contributed by atoms with Gasteiger partial charge in [-0.15, -0.1) is 0 Å². The second-order valence-electron chi connectivity index (χ2n) is 8.32. The molecule has 30 heavy (non-hydrogen) atoms. The Bertz CT molecular complexity index is 541. The van der Waals surface area contributed by atoms with Gasteiger partial charge in [-0.2, -0.15) is 0 Å². The van der Waals surface area contributed by atoms with Crippen molar-refractivity contribution in [1.29, 1.82) is 0 Å². The highest BCUT2D eigenvalue weighted by Gasteiger charge is 2.05. The fourth-order valence-electron chi connectivity index (χ4n) is 3.61. The molecule has 0 saturated carbocycles. The Morgan fingerprint density at radius 1 is 0.633 bits per heavy atom. The van der Waals surface area contributed by atoms with E-state index >= 15 is 0 Å². The standard InChI is InChI=1S/C26H42O4/c27-25(20-21-26(28)29)19-15-10-8-6-4-2-1-3-5-7-9-11-16-22-30-23-24-17-13-12-14-18-24/h12-14,17-18H,1-11,15-16,19-23H2,(H,28,29). The molecule has 0 aliphatic rings. The smallest absolute Gasteiger partial charge is 0.303 e. The minimum atomic E-state index is -0.882. The van der Waals surface area contributed by atoms with Crippen LogP contribution in [0.1, 0.15) is 108 Å². The van der Waals surface area contributed by atoms with E-state index in [1.54, 1.807) is 0 Å². The van der Waals surface area contributed by atoms with Gasteiger partial charge in [0.15, 0.2) is 0 Å². The molecule has 0 aliphatic carbocycles. The Morgan fingerprint density at radius 3 is 1.67 bits per heavy atom. The zero-order valence-corrected chi connectivity index (χ0v) is 18.8. The van der Waals surface area contributed by atoms with Gasteiger partial charge in [0.25, 0.3) is 0 Å². The molecule has 0 fully saturated rings. The van der Waals surface area contributed by atoms with Crippen LogP contribution >= 0.6 is 0 Å². The number of ketones is 1.